The van der Waals surface area contributed by atoms with E-state index in [1.54, 1.807) is 19.5 Å². The minimum absolute atomic E-state index is 0.0446. The van der Waals surface area contributed by atoms with Crippen LogP contribution in [0.4, 0.5) is 0 Å². The quantitative estimate of drug-likeness (QED) is 0.867. The van der Waals surface area contributed by atoms with E-state index in [1.807, 2.05) is 11.0 Å². The third-order valence-corrected chi connectivity index (χ3v) is 4.45. The molecular formula is C19H23N3O2. The molecule has 2 aromatic rings. The Morgan fingerprint density at radius 3 is 2.96 bits per heavy atom. The highest BCUT2D eigenvalue weighted by molar-refractivity contribution is 5.77. The summed E-state index contributed by atoms with van der Waals surface area (Å²) < 4.78 is 4.98. The molecule has 0 saturated carbocycles. The van der Waals surface area contributed by atoms with Gasteiger partial charge in [0, 0.05) is 44.1 Å². The van der Waals surface area contributed by atoms with Crippen LogP contribution < -0.4 is 0 Å². The molecule has 1 fully saturated rings. The molecule has 1 aromatic carbocycles. The van der Waals surface area contributed by atoms with Crippen LogP contribution in [-0.2, 0) is 9.53 Å². The number of hydrogen-bond donors (Lipinski definition) is 0. The number of benzene rings is 1. The maximum absolute atomic E-state index is 12.1. The fraction of sp³-hybridized carbons (Fsp3) is 0.421. The molecule has 1 aromatic heterocycles. The number of rotatable bonds is 4. The van der Waals surface area contributed by atoms with Gasteiger partial charge in [0.15, 0.2) is 0 Å². The van der Waals surface area contributed by atoms with Crippen molar-refractivity contribution in [3.63, 3.8) is 0 Å². The molecule has 2 heterocycles. The molecule has 0 radical (unpaired) electrons. The lowest BCUT2D eigenvalue weighted by Gasteiger charge is -2.33. The van der Waals surface area contributed by atoms with Crippen LogP contribution in [0.15, 0.2) is 36.7 Å². The lowest BCUT2D eigenvalue weighted by molar-refractivity contribution is -0.136. The van der Waals surface area contributed by atoms with Crippen molar-refractivity contribution in [1.82, 2.24) is 14.9 Å². The molecular weight excluding hydrogens is 302 g/mol. The van der Waals surface area contributed by atoms with E-state index in [1.165, 1.54) is 5.56 Å². The summed E-state index contributed by atoms with van der Waals surface area (Å²) in [5.41, 5.74) is 4.19. The molecule has 0 spiro atoms. The topological polar surface area (TPSA) is 55.3 Å². The summed E-state index contributed by atoms with van der Waals surface area (Å²) in [6.07, 6.45) is 5.47. The highest BCUT2D eigenvalue weighted by Gasteiger charge is 2.27. The maximum atomic E-state index is 12.1. The van der Waals surface area contributed by atoms with E-state index in [2.05, 4.69) is 35.1 Å². The molecule has 1 aliphatic rings. The molecule has 1 aliphatic heterocycles. The second-order valence-corrected chi connectivity index (χ2v) is 6.27. The first-order chi connectivity index (χ1) is 11.7. The lowest BCUT2D eigenvalue weighted by Crippen LogP contribution is -2.41. The normalized spacial score (nSPS) is 17.8. The Hall–Kier alpha value is -2.27. The molecule has 1 amide bonds. The Bertz CT molecular complexity index is 717. The molecule has 0 unspecified atom stereocenters. The van der Waals surface area contributed by atoms with Crippen LogP contribution >= 0.6 is 0 Å². The van der Waals surface area contributed by atoms with Crippen molar-refractivity contribution in [3.05, 3.63) is 47.9 Å². The van der Waals surface area contributed by atoms with Crippen molar-refractivity contribution in [3.8, 4) is 11.3 Å². The van der Waals surface area contributed by atoms with Gasteiger partial charge in [0.2, 0.25) is 5.91 Å². The molecule has 0 aliphatic carbocycles. The smallest absolute Gasteiger partial charge is 0.248 e. The Balaban J connectivity index is 1.88. The number of carbonyl (C=O) groups excluding carboxylic acids is 1. The average molecular weight is 325 g/mol. The second kappa shape index (κ2) is 7.53. The summed E-state index contributed by atoms with van der Waals surface area (Å²) in [7, 11) is 1.55. The van der Waals surface area contributed by atoms with Crippen LogP contribution in [0.1, 0.15) is 30.0 Å². The third-order valence-electron chi connectivity index (χ3n) is 4.45. The van der Waals surface area contributed by atoms with Crippen LogP contribution in [0.2, 0.25) is 0 Å². The molecule has 24 heavy (non-hydrogen) atoms. The average Bonchev–Trinajstić information content (AvgIpc) is 2.62. The van der Waals surface area contributed by atoms with E-state index < -0.39 is 0 Å². The van der Waals surface area contributed by atoms with Gasteiger partial charge >= 0.3 is 0 Å². The number of hydrogen-bond acceptors (Lipinski definition) is 4. The number of nitrogens with zero attached hydrogens (tertiary/aromatic N) is 3. The SMILES string of the molecule is COCC(=O)N1CCC[C@@H](c2nccnc2-c2cccc(C)c2)C1. The van der Waals surface area contributed by atoms with E-state index in [9.17, 15) is 4.79 Å². The summed E-state index contributed by atoms with van der Waals surface area (Å²) in [6.45, 7) is 3.68. The number of aryl methyl sites for hydroxylation is 1. The summed E-state index contributed by atoms with van der Waals surface area (Å²) in [5, 5.41) is 0. The number of piperidine rings is 1. The minimum atomic E-state index is 0.0446. The van der Waals surface area contributed by atoms with Gasteiger partial charge in [0.25, 0.3) is 0 Å². The molecule has 5 heteroatoms. The zero-order valence-electron chi connectivity index (χ0n) is 14.2. The van der Waals surface area contributed by atoms with Crippen molar-refractivity contribution in [2.24, 2.45) is 0 Å². The molecule has 1 saturated heterocycles. The fourth-order valence-corrected chi connectivity index (χ4v) is 3.30. The molecule has 1 atom stereocenters. The van der Waals surface area contributed by atoms with Gasteiger partial charge in [0.05, 0.1) is 11.4 Å². The number of likely N-dealkylation sites (tertiary alicyclic amines) is 1. The van der Waals surface area contributed by atoms with Crippen LogP contribution in [-0.4, -0.2) is 47.6 Å². The fourth-order valence-electron chi connectivity index (χ4n) is 3.30. The lowest BCUT2D eigenvalue weighted by atomic mass is 9.91. The number of methoxy groups -OCH3 is 1. The Morgan fingerprint density at radius 1 is 1.33 bits per heavy atom. The van der Waals surface area contributed by atoms with E-state index in [0.717, 1.165) is 36.3 Å². The van der Waals surface area contributed by atoms with Crippen molar-refractivity contribution in [2.75, 3.05) is 26.8 Å². The number of carbonyl (C=O) groups is 1. The minimum Gasteiger partial charge on any atom is -0.375 e. The highest BCUT2D eigenvalue weighted by Crippen LogP contribution is 2.32. The zero-order chi connectivity index (χ0) is 16.9. The molecule has 0 bridgehead atoms. The van der Waals surface area contributed by atoms with E-state index in [-0.39, 0.29) is 18.4 Å². The van der Waals surface area contributed by atoms with Gasteiger partial charge < -0.3 is 9.64 Å². The van der Waals surface area contributed by atoms with E-state index >= 15 is 0 Å². The van der Waals surface area contributed by atoms with Gasteiger partial charge in [-0.25, -0.2) is 0 Å². The van der Waals surface area contributed by atoms with Gasteiger partial charge in [-0.15, -0.1) is 0 Å². The number of aromatic nitrogens is 2. The maximum Gasteiger partial charge on any atom is 0.248 e. The monoisotopic (exact) mass is 325 g/mol. The standard InChI is InChI=1S/C19H23N3O2/c1-14-5-3-6-15(11-14)18-19(21-9-8-20-18)16-7-4-10-22(12-16)17(23)13-24-2/h3,5-6,8-9,11,16H,4,7,10,12-13H2,1-2H3/t16-/m1/s1. The first kappa shape index (κ1) is 16.6. The molecule has 126 valence electrons. The van der Waals surface area contributed by atoms with Gasteiger partial charge in [-0.3, -0.25) is 14.8 Å². The summed E-state index contributed by atoms with van der Waals surface area (Å²) in [4.78, 5) is 23.2. The van der Waals surface area contributed by atoms with Gasteiger partial charge in [-0.1, -0.05) is 23.8 Å². The third kappa shape index (κ3) is 3.62. The van der Waals surface area contributed by atoms with Crippen LogP contribution in [0.25, 0.3) is 11.3 Å². The predicted octanol–water partition coefficient (Wildman–Crippen LogP) is 2.80. The van der Waals surface area contributed by atoms with Crippen LogP contribution in [0.5, 0.6) is 0 Å². The molecule has 5 nitrogen and oxygen atoms in total. The number of ether oxygens (including phenoxy) is 1. The van der Waals surface area contributed by atoms with E-state index in [4.69, 9.17) is 4.74 Å². The van der Waals surface area contributed by atoms with Gasteiger partial charge in [-0.05, 0) is 25.8 Å². The Kier molecular flexibility index (Phi) is 5.20. The summed E-state index contributed by atoms with van der Waals surface area (Å²) in [6, 6.07) is 8.31. The van der Waals surface area contributed by atoms with Gasteiger partial charge in [0.1, 0.15) is 6.61 Å². The van der Waals surface area contributed by atoms with Crippen molar-refractivity contribution in [1.29, 1.82) is 0 Å². The molecule has 3 rings (SSSR count). The van der Waals surface area contributed by atoms with Crippen molar-refractivity contribution >= 4 is 5.91 Å². The van der Waals surface area contributed by atoms with E-state index in [0.29, 0.717) is 6.54 Å². The summed E-state index contributed by atoms with van der Waals surface area (Å²) >= 11 is 0. The second-order valence-electron chi connectivity index (χ2n) is 6.27. The van der Waals surface area contributed by atoms with Crippen LogP contribution in [0, 0.1) is 6.92 Å². The highest BCUT2D eigenvalue weighted by atomic mass is 16.5. The zero-order valence-corrected chi connectivity index (χ0v) is 14.2. The predicted molar refractivity (Wildman–Crippen MR) is 92.6 cm³/mol. The summed E-state index contributed by atoms with van der Waals surface area (Å²) in [5.74, 6) is 0.256. The largest absolute Gasteiger partial charge is 0.375 e. The molecule has 0 N–H and O–H groups in total. The van der Waals surface area contributed by atoms with Crippen molar-refractivity contribution in [2.45, 2.75) is 25.7 Å². The number of amides is 1. The Labute approximate surface area is 142 Å². The van der Waals surface area contributed by atoms with Gasteiger partial charge in [-0.2, -0.15) is 0 Å². The van der Waals surface area contributed by atoms with Crippen LogP contribution in [0.3, 0.4) is 0 Å². The first-order valence-electron chi connectivity index (χ1n) is 8.33. The first-order valence-corrected chi connectivity index (χ1v) is 8.33. The Morgan fingerprint density at radius 2 is 2.17 bits per heavy atom. The van der Waals surface area contributed by atoms with Crippen molar-refractivity contribution < 1.29 is 9.53 Å².